The van der Waals surface area contributed by atoms with Crippen molar-refractivity contribution in [2.24, 2.45) is 5.16 Å². The lowest BCUT2D eigenvalue weighted by molar-refractivity contribution is -0.275. The second-order valence-electron chi connectivity index (χ2n) is 7.76. The monoisotopic (exact) mass is 470 g/mol. The first-order valence-corrected chi connectivity index (χ1v) is 10.5. The normalized spacial score (nSPS) is 21.5. The summed E-state index contributed by atoms with van der Waals surface area (Å²) in [5.41, 5.74) is -1.07. The average molecular weight is 471 g/mol. The maximum atomic E-state index is 14.1. The van der Waals surface area contributed by atoms with E-state index in [1.807, 2.05) is 19.1 Å². The number of halogens is 5. The first-order chi connectivity index (χ1) is 14.6. The number of nitrogens with zero attached hydrogens (tertiary/aromatic N) is 2. The molecule has 164 valence electrons. The molecule has 1 unspecified atom stereocenters. The minimum atomic E-state index is -4.73. The summed E-state index contributed by atoms with van der Waals surface area (Å²) in [5, 5.41) is 3.95. The number of rotatable bonds is 4. The lowest BCUT2D eigenvalue weighted by Crippen LogP contribution is -2.48. The topological polar surface area (TPSA) is 41.9 Å². The molecule has 0 N–H and O–H groups in total. The highest BCUT2D eigenvalue weighted by molar-refractivity contribution is 6.34. The molecule has 1 amide bonds. The second-order valence-corrected chi connectivity index (χ2v) is 8.63. The first kappa shape index (κ1) is 22.0. The first-order valence-electron chi connectivity index (χ1n) is 9.79. The summed E-state index contributed by atoms with van der Waals surface area (Å²) >= 11 is 11.9. The predicted molar refractivity (Wildman–Crippen MR) is 112 cm³/mol. The van der Waals surface area contributed by atoms with Gasteiger partial charge in [-0.25, -0.2) is 0 Å². The second kappa shape index (κ2) is 8.02. The maximum Gasteiger partial charge on any atom is 0.435 e. The fourth-order valence-corrected chi connectivity index (χ4v) is 4.44. The molecule has 4 nitrogen and oxygen atoms in total. The van der Waals surface area contributed by atoms with Gasteiger partial charge in [-0.05, 0) is 29.3 Å². The number of carbonyl (C=O) groups excluding carboxylic acids is 1. The third-order valence-corrected chi connectivity index (χ3v) is 6.20. The number of carbonyl (C=O) groups is 1. The van der Waals surface area contributed by atoms with Crippen molar-refractivity contribution >= 4 is 34.8 Å². The van der Waals surface area contributed by atoms with Gasteiger partial charge in [0.05, 0.1) is 5.71 Å². The third-order valence-electron chi connectivity index (χ3n) is 5.77. The SMILES string of the molecule is CCC(=O)N1CC(c2ccc(C3=NOC(c4cc(Cl)cc(Cl)c4)(C(F)(F)F)C3)cc2)C1. The van der Waals surface area contributed by atoms with Gasteiger partial charge in [-0.15, -0.1) is 0 Å². The summed E-state index contributed by atoms with van der Waals surface area (Å²) in [5.74, 6) is 0.351. The molecular weight excluding hydrogens is 452 g/mol. The number of oxime groups is 1. The lowest BCUT2D eigenvalue weighted by Gasteiger charge is -2.39. The van der Waals surface area contributed by atoms with Gasteiger partial charge < -0.3 is 9.74 Å². The lowest BCUT2D eigenvalue weighted by atomic mass is 9.85. The van der Waals surface area contributed by atoms with E-state index in [0.717, 1.165) is 5.56 Å². The van der Waals surface area contributed by atoms with Gasteiger partial charge in [-0.3, -0.25) is 4.79 Å². The van der Waals surface area contributed by atoms with E-state index in [4.69, 9.17) is 28.0 Å². The van der Waals surface area contributed by atoms with E-state index in [-0.39, 0.29) is 33.1 Å². The summed E-state index contributed by atoms with van der Waals surface area (Å²) in [4.78, 5) is 18.5. The number of alkyl halides is 3. The zero-order chi connectivity index (χ0) is 22.4. The number of hydrogen-bond acceptors (Lipinski definition) is 3. The average Bonchev–Trinajstić information content (AvgIpc) is 3.13. The molecule has 1 atom stereocenters. The van der Waals surface area contributed by atoms with Gasteiger partial charge in [-0.1, -0.05) is 59.5 Å². The van der Waals surface area contributed by atoms with Gasteiger partial charge in [0.15, 0.2) is 0 Å². The van der Waals surface area contributed by atoms with Crippen molar-refractivity contribution in [2.75, 3.05) is 13.1 Å². The van der Waals surface area contributed by atoms with Crippen molar-refractivity contribution in [3.63, 3.8) is 0 Å². The van der Waals surface area contributed by atoms with Crippen LogP contribution in [0.4, 0.5) is 13.2 Å². The predicted octanol–water partition coefficient (Wildman–Crippen LogP) is 5.91. The Hall–Kier alpha value is -2.25. The van der Waals surface area contributed by atoms with E-state index in [9.17, 15) is 18.0 Å². The van der Waals surface area contributed by atoms with Crippen LogP contribution < -0.4 is 0 Å². The van der Waals surface area contributed by atoms with Crippen LogP contribution in [0.2, 0.25) is 10.0 Å². The number of likely N-dealkylation sites (tertiary alicyclic amines) is 1. The molecule has 0 aromatic heterocycles. The van der Waals surface area contributed by atoms with Crippen molar-refractivity contribution in [1.29, 1.82) is 0 Å². The van der Waals surface area contributed by atoms with Crippen LogP contribution in [0.15, 0.2) is 47.6 Å². The Balaban J connectivity index is 1.53. The fraction of sp³-hybridized carbons (Fsp3) is 0.364. The van der Waals surface area contributed by atoms with E-state index in [1.54, 1.807) is 17.0 Å². The molecule has 2 aromatic rings. The Bertz CT molecular complexity index is 1010. The Kier molecular flexibility index (Phi) is 5.68. The Morgan fingerprint density at radius 1 is 1.16 bits per heavy atom. The molecule has 0 aliphatic carbocycles. The largest absolute Gasteiger partial charge is 0.435 e. The van der Waals surface area contributed by atoms with Gasteiger partial charge in [-0.2, -0.15) is 13.2 Å². The molecule has 2 aliphatic heterocycles. The number of benzene rings is 2. The van der Waals surface area contributed by atoms with E-state index in [0.29, 0.717) is 25.1 Å². The molecule has 31 heavy (non-hydrogen) atoms. The van der Waals surface area contributed by atoms with Crippen LogP contribution in [-0.4, -0.2) is 35.8 Å². The van der Waals surface area contributed by atoms with Crippen molar-refractivity contribution < 1.29 is 22.8 Å². The summed E-state index contributed by atoms with van der Waals surface area (Å²) < 4.78 is 42.3. The number of hydrogen-bond donors (Lipinski definition) is 0. The zero-order valence-electron chi connectivity index (χ0n) is 16.5. The van der Waals surface area contributed by atoms with Crippen LogP contribution in [0.25, 0.3) is 0 Å². The van der Waals surface area contributed by atoms with E-state index >= 15 is 0 Å². The molecule has 2 aliphatic rings. The fourth-order valence-electron chi connectivity index (χ4n) is 3.91. The molecular formula is C22H19Cl2F3N2O2. The molecule has 0 spiro atoms. The molecule has 9 heteroatoms. The Morgan fingerprint density at radius 3 is 2.32 bits per heavy atom. The van der Waals surface area contributed by atoms with Crippen LogP contribution >= 0.6 is 23.2 Å². The van der Waals surface area contributed by atoms with E-state index < -0.39 is 18.2 Å². The quantitative estimate of drug-likeness (QED) is 0.557. The van der Waals surface area contributed by atoms with Crippen molar-refractivity contribution in [1.82, 2.24) is 4.90 Å². The summed E-state index contributed by atoms with van der Waals surface area (Å²) in [6, 6.07) is 10.9. The summed E-state index contributed by atoms with van der Waals surface area (Å²) in [6.45, 7) is 3.14. The van der Waals surface area contributed by atoms with Crippen LogP contribution in [0, 0.1) is 0 Å². The molecule has 0 radical (unpaired) electrons. The minimum Gasteiger partial charge on any atom is -0.374 e. The van der Waals surface area contributed by atoms with Crippen molar-refractivity contribution in [2.45, 2.75) is 37.5 Å². The summed E-state index contributed by atoms with van der Waals surface area (Å²) in [6.07, 6.45) is -4.74. The highest BCUT2D eigenvalue weighted by Gasteiger charge is 2.62. The molecule has 4 rings (SSSR count). The molecule has 0 bridgehead atoms. The van der Waals surface area contributed by atoms with Gasteiger partial charge in [0.2, 0.25) is 5.91 Å². The smallest absolute Gasteiger partial charge is 0.374 e. The van der Waals surface area contributed by atoms with Crippen molar-refractivity contribution in [3.05, 3.63) is 69.2 Å². The van der Waals surface area contributed by atoms with E-state index in [1.165, 1.54) is 18.2 Å². The Morgan fingerprint density at radius 2 is 1.77 bits per heavy atom. The molecule has 1 fully saturated rings. The summed E-state index contributed by atoms with van der Waals surface area (Å²) in [7, 11) is 0. The van der Waals surface area contributed by atoms with Crippen molar-refractivity contribution in [3.8, 4) is 0 Å². The zero-order valence-corrected chi connectivity index (χ0v) is 18.1. The van der Waals surface area contributed by atoms with Crippen LogP contribution in [0.5, 0.6) is 0 Å². The standard InChI is InChI=1S/C22H19Cl2F3N2O2/c1-2-20(30)29-11-15(12-29)13-3-5-14(6-4-13)19-10-21(31-28-19,22(25,26)27)16-7-17(23)9-18(24)8-16/h3-9,15H,2,10-12H2,1H3. The molecule has 1 saturated heterocycles. The highest BCUT2D eigenvalue weighted by Crippen LogP contribution is 2.49. The Labute approximate surface area is 187 Å². The molecule has 2 aromatic carbocycles. The molecule has 0 saturated carbocycles. The molecule has 2 heterocycles. The van der Waals surface area contributed by atoms with Crippen LogP contribution in [0.1, 0.15) is 42.4 Å². The maximum absolute atomic E-state index is 14.1. The van der Waals surface area contributed by atoms with Crippen LogP contribution in [0.3, 0.4) is 0 Å². The number of amides is 1. The highest BCUT2D eigenvalue weighted by atomic mass is 35.5. The van der Waals surface area contributed by atoms with Gasteiger partial charge in [0, 0.05) is 47.5 Å². The van der Waals surface area contributed by atoms with Gasteiger partial charge >= 0.3 is 6.18 Å². The van der Waals surface area contributed by atoms with Gasteiger partial charge in [0.1, 0.15) is 0 Å². The third kappa shape index (κ3) is 4.01. The minimum absolute atomic E-state index is 0.0867. The van der Waals surface area contributed by atoms with E-state index in [2.05, 4.69) is 5.16 Å². The van der Waals surface area contributed by atoms with Gasteiger partial charge in [0.25, 0.3) is 5.60 Å². The van der Waals surface area contributed by atoms with Crippen LogP contribution in [-0.2, 0) is 15.2 Å².